The summed E-state index contributed by atoms with van der Waals surface area (Å²) in [4.78, 5) is 44.8. The Hall–Kier alpha value is -3.43. The summed E-state index contributed by atoms with van der Waals surface area (Å²) in [6.45, 7) is 0.980. The van der Waals surface area contributed by atoms with Gasteiger partial charge >= 0.3 is 0 Å². The Morgan fingerprint density at radius 3 is 2.44 bits per heavy atom. The molecule has 9 nitrogen and oxygen atoms in total. The van der Waals surface area contributed by atoms with Crippen LogP contribution >= 0.6 is 11.6 Å². The lowest BCUT2D eigenvalue weighted by Crippen LogP contribution is -2.38. The van der Waals surface area contributed by atoms with Crippen molar-refractivity contribution in [3.63, 3.8) is 0 Å². The van der Waals surface area contributed by atoms with Gasteiger partial charge in [0.15, 0.2) is 0 Å². The Balaban J connectivity index is 1.28. The van der Waals surface area contributed by atoms with Gasteiger partial charge in [-0.25, -0.2) is 4.98 Å². The number of halogens is 1. The van der Waals surface area contributed by atoms with E-state index in [-0.39, 0.29) is 29.4 Å². The summed E-state index contributed by atoms with van der Waals surface area (Å²) >= 11 is 5.87. The van der Waals surface area contributed by atoms with E-state index in [1.54, 1.807) is 35.2 Å². The molecule has 1 aliphatic heterocycles. The van der Waals surface area contributed by atoms with Crippen LogP contribution in [0, 0.1) is 11.8 Å². The van der Waals surface area contributed by atoms with Crippen LogP contribution in [0.15, 0.2) is 47.0 Å². The van der Waals surface area contributed by atoms with Crippen molar-refractivity contribution < 1.29 is 23.9 Å². The monoisotopic (exact) mass is 510 g/mol. The molecule has 1 unspecified atom stereocenters. The largest absolute Gasteiger partial charge is 0.449 e. The Bertz CT molecular complexity index is 1280. The van der Waals surface area contributed by atoms with Crippen molar-refractivity contribution in [1.29, 1.82) is 0 Å². The molecule has 5 rings (SSSR count). The first-order chi connectivity index (χ1) is 17.4. The molecule has 3 aromatic rings. The van der Waals surface area contributed by atoms with Crippen molar-refractivity contribution in [2.24, 2.45) is 11.8 Å². The number of anilines is 2. The lowest BCUT2D eigenvalue weighted by atomic mass is 9.81. The molecule has 1 saturated carbocycles. The predicted molar refractivity (Wildman–Crippen MR) is 135 cm³/mol. The maximum absolute atomic E-state index is 13.2. The van der Waals surface area contributed by atoms with E-state index in [0.29, 0.717) is 72.7 Å². The van der Waals surface area contributed by atoms with Gasteiger partial charge in [-0.05, 0) is 56.4 Å². The highest BCUT2D eigenvalue weighted by molar-refractivity contribution is 6.30. The lowest BCUT2D eigenvalue weighted by molar-refractivity contribution is -0.137. The van der Waals surface area contributed by atoms with Gasteiger partial charge in [0, 0.05) is 36.5 Å². The molecule has 2 aromatic heterocycles. The average molecular weight is 511 g/mol. The van der Waals surface area contributed by atoms with Gasteiger partial charge in [-0.2, -0.15) is 0 Å². The second-order valence-corrected chi connectivity index (χ2v) is 9.82. The molecular weight excluding hydrogens is 484 g/mol. The van der Waals surface area contributed by atoms with Crippen LogP contribution in [0.25, 0.3) is 11.0 Å². The fraction of sp³-hybridized carbons (Fsp3) is 0.385. The first-order valence-electron chi connectivity index (χ1n) is 12.1. The highest BCUT2D eigenvalue weighted by atomic mass is 35.5. The van der Waals surface area contributed by atoms with Crippen LogP contribution in [0.2, 0.25) is 5.02 Å². The number of aromatic nitrogens is 1. The van der Waals surface area contributed by atoms with Crippen LogP contribution in [-0.4, -0.2) is 51.9 Å². The predicted octanol–water partition coefficient (Wildman–Crippen LogP) is 4.07. The molecule has 1 atom stereocenters. The number of pyridine rings is 1. The number of nitrogens with zero attached hydrogens (tertiary/aromatic N) is 2. The minimum Gasteiger partial charge on any atom is -0.449 e. The molecule has 188 valence electrons. The molecule has 3 amide bonds. The van der Waals surface area contributed by atoms with Crippen molar-refractivity contribution in [1.82, 2.24) is 9.88 Å². The number of likely N-dealkylation sites (tertiary alicyclic amines) is 1. The number of aliphatic hydroxyl groups is 1. The minimum absolute atomic E-state index is 0.0160. The third-order valence-corrected chi connectivity index (χ3v) is 7.16. The van der Waals surface area contributed by atoms with Crippen LogP contribution in [0.5, 0.6) is 0 Å². The van der Waals surface area contributed by atoms with E-state index in [1.807, 2.05) is 6.07 Å². The van der Waals surface area contributed by atoms with Crippen molar-refractivity contribution >= 4 is 51.8 Å². The Kier molecular flexibility index (Phi) is 6.93. The topological polar surface area (TPSA) is 125 Å². The smallest absolute Gasteiger partial charge is 0.294 e. The van der Waals surface area contributed by atoms with Gasteiger partial charge in [0.25, 0.3) is 5.91 Å². The van der Waals surface area contributed by atoms with E-state index < -0.39 is 12.0 Å². The number of aliphatic hydroxyl groups excluding tert-OH is 1. The number of furan rings is 1. The number of amides is 3. The highest BCUT2D eigenvalue weighted by Crippen LogP contribution is 2.35. The molecule has 2 aliphatic rings. The van der Waals surface area contributed by atoms with E-state index in [2.05, 4.69) is 15.6 Å². The molecule has 0 spiro atoms. The molecule has 1 saturated heterocycles. The van der Waals surface area contributed by atoms with Crippen molar-refractivity contribution in [2.75, 3.05) is 23.7 Å². The van der Waals surface area contributed by atoms with Crippen molar-refractivity contribution in [2.45, 2.75) is 38.2 Å². The van der Waals surface area contributed by atoms with Gasteiger partial charge in [-0.3, -0.25) is 14.4 Å². The Morgan fingerprint density at radius 2 is 1.75 bits per heavy atom. The number of para-hydroxylation sites is 1. The van der Waals surface area contributed by atoms with Gasteiger partial charge in [-0.15, -0.1) is 0 Å². The molecule has 10 heteroatoms. The van der Waals surface area contributed by atoms with E-state index >= 15 is 0 Å². The molecule has 2 fully saturated rings. The van der Waals surface area contributed by atoms with Gasteiger partial charge in [0.05, 0.1) is 11.1 Å². The van der Waals surface area contributed by atoms with Crippen LogP contribution in [0.3, 0.4) is 0 Å². The fourth-order valence-electron chi connectivity index (χ4n) is 4.98. The second kappa shape index (κ2) is 10.3. The van der Waals surface area contributed by atoms with Gasteiger partial charge < -0.3 is 25.1 Å². The highest BCUT2D eigenvalue weighted by Gasteiger charge is 2.35. The van der Waals surface area contributed by atoms with E-state index in [1.165, 1.54) is 6.20 Å². The maximum atomic E-state index is 13.2. The first kappa shape index (κ1) is 24.3. The maximum Gasteiger partial charge on any atom is 0.294 e. The van der Waals surface area contributed by atoms with E-state index in [9.17, 15) is 19.5 Å². The number of rotatable bonds is 5. The van der Waals surface area contributed by atoms with E-state index in [0.717, 1.165) is 0 Å². The van der Waals surface area contributed by atoms with E-state index in [4.69, 9.17) is 16.0 Å². The summed E-state index contributed by atoms with van der Waals surface area (Å²) in [5.74, 6) is -0.793. The number of nitrogens with one attached hydrogen (secondary N) is 2. The number of fused-ring (bicyclic) bond motifs is 1. The number of β-amino-alcohol motifs (C(OH)–C–C–N with tert-alkyl or cyclic N) is 1. The summed E-state index contributed by atoms with van der Waals surface area (Å²) in [7, 11) is 0. The third-order valence-electron chi connectivity index (χ3n) is 6.94. The fourth-order valence-corrected chi connectivity index (χ4v) is 5.09. The Labute approximate surface area is 212 Å². The zero-order valence-corrected chi connectivity index (χ0v) is 20.3. The molecule has 1 aromatic carbocycles. The Morgan fingerprint density at radius 1 is 1.00 bits per heavy atom. The SMILES string of the molecule is O=C(Nc1ccc(Cl)cn1)c1oc2ccccc2c1NC(=O)[C@H]1CC[C@H](C(=O)N2CCC(O)C2)CC1. The summed E-state index contributed by atoms with van der Waals surface area (Å²) in [5.41, 5.74) is 0.787. The molecule has 3 N–H and O–H groups in total. The summed E-state index contributed by atoms with van der Waals surface area (Å²) in [6, 6.07) is 10.3. The van der Waals surface area contributed by atoms with Crippen LogP contribution in [0.4, 0.5) is 11.5 Å². The van der Waals surface area contributed by atoms with Crippen molar-refractivity contribution in [3.05, 3.63) is 53.4 Å². The summed E-state index contributed by atoms with van der Waals surface area (Å²) < 4.78 is 5.81. The summed E-state index contributed by atoms with van der Waals surface area (Å²) in [6.07, 6.45) is 3.98. The summed E-state index contributed by atoms with van der Waals surface area (Å²) in [5, 5.41) is 16.4. The zero-order valence-electron chi connectivity index (χ0n) is 19.6. The second-order valence-electron chi connectivity index (χ2n) is 9.38. The molecule has 1 aliphatic carbocycles. The van der Waals surface area contributed by atoms with Crippen LogP contribution in [-0.2, 0) is 9.59 Å². The quantitative estimate of drug-likeness (QED) is 0.475. The number of hydrogen-bond acceptors (Lipinski definition) is 6. The molecule has 0 radical (unpaired) electrons. The zero-order chi connectivity index (χ0) is 25.2. The average Bonchev–Trinajstić information content (AvgIpc) is 3.49. The molecule has 3 heterocycles. The number of hydrogen-bond donors (Lipinski definition) is 3. The minimum atomic E-state index is -0.543. The molecule has 36 heavy (non-hydrogen) atoms. The molecular formula is C26H27ClN4O5. The van der Waals surface area contributed by atoms with Crippen LogP contribution < -0.4 is 10.6 Å². The van der Waals surface area contributed by atoms with Gasteiger partial charge in [0.2, 0.25) is 17.6 Å². The van der Waals surface area contributed by atoms with Crippen molar-refractivity contribution in [3.8, 4) is 0 Å². The number of carbonyl (C=O) groups is 3. The van der Waals surface area contributed by atoms with Gasteiger partial charge in [-0.1, -0.05) is 23.7 Å². The number of benzene rings is 1. The standard InChI is InChI=1S/C26H27ClN4O5/c27-17-9-10-21(28-13-17)29-25(34)23-22(19-3-1-2-4-20(19)36-23)30-24(33)15-5-7-16(8-6-15)26(35)31-12-11-18(32)14-31/h1-4,9-10,13,15-16,18,32H,5-8,11-12,14H2,(H,30,33)(H,28,29,34)/t15-,16-,18?. The van der Waals surface area contributed by atoms with Gasteiger partial charge in [0.1, 0.15) is 17.1 Å². The lowest BCUT2D eigenvalue weighted by Gasteiger charge is -2.29. The number of carbonyl (C=O) groups excluding carboxylic acids is 3. The molecule has 0 bridgehead atoms. The van der Waals surface area contributed by atoms with Crippen LogP contribution in [0.1, 0.15) is 42.7 Å². The third kappa shape index (κ3) is 5.08. The first-order valence-corrected chi connectivity index (χ1v) is 12.5. The normalized spacial score (nSPS) is 21.9.